The van der Waals surface area contributed by atoms with E-state index in [9.17, 15) is 22.8 Å². The van der Waals surface area contributed by atoms with Gasteiger partial charge in [-0.2, -0.15) is 13.2 Å². The number of alkyl halides is 3. The zero-order valence-corrected chi connectivity index (χ0v) is 11.6. The van der Waals surface area contributed by atoms with Gasteiger partial charge in [0.25, 0.3) is 0 Å². The Morgan fingerprint density at radius 1 is 1.27 bits per heavy atom. The summed E-state index contributed by atoms with van der Waals surface area (Å²) in [6, 6.07) is 6.79. The van der Waals surface area contributed by atoms with Crippen LogP contribution in [-0.2, 0) is 9.59 Å². The lowest BCUT2D eigenvalue weighted by Gasteiger charge is -2.23. The minimum Gasteiger partial charge on any atom is -0.354 e. The van der Waals surface area contributed by atoms with E-state index in [0.29, 0.717) is 12.5 Å². The molecule has 4 nitrogen and oxygen atoms in total. The lowest BCUT2D eigenvalue weighted by Crippen LogP contribution is -2.47. The molecule has 1 saturated heterocycles. The van der Waals surface area contributed by atoms with Crippen molar-refractivity contribution in [3.63, 3.8) is 0 Å². The lowest BCUT2D eigenvalue weighted by molar-refractivity contribution is -0.124. The molecular formula is C15H15F3N2O2. The first-order valence-corrected chi connectivity index (χ1v) is 6.78. The third kappa shape index (κ3) is 4.34. The largest absolute Gasteiger partial charge is 0.417 e. The van der Waals surface area contributed by atoms with Crippen LogP contribution in [0.15, 0.2) is 36.4 Å². The summed E-state index contributed by atoms with van der Waals surface area (Å²) < 4.78 is 39.3. The molecule has 0 aliphatic carbocycles. The number of hydrogen-bond acceptors (Lipinski definition) is 2. The van der Waals surface area contributed by atoms with E-state index in [1.807, 2.05) is 0 Å². The fourth-order valence-corrected chi connectivity index (χ4v) is 2.18. The summed E-state index contributed by atoms with van der Waals surface area (Å²) in [5.74, 6) is -0.946. The Morgan fingerprint density at radius 3 is 2.50 bits per heavy atom. The van der Waals surface area contributed by atoms with Gasteiger partial charge in [-0.15, -0.1) is 0 Å². The summed E-state index contributed by atoms with van der Waals surface area (Å²) in [5.41, 5.74) is -1.06. The fraction of sp³-hybridized carbons (Fsp3) is 0.333. The number of allylic oxidation sites excluding steroid dienone is 1. The van der Waals surface area contributed by atoms with Crippen LogP contribution in [0.3, 0.4) is 0 Å². The molecule has 1 atom stereocenters. The molecule has 1 fully saturated rings. The summed E-state index contributed by atoms with van der Waals surface area (Å²) in [5, 5.41) is 5.04. The summed E-state index contributed by atoms with van der Waals surface area (Å²) in [4.78, 5) is 22.8. The number of nitrogens with one attached hydrogen (secondary N) is 2. The topological polar surface area (TPSA) is 58.2 Å². The molecule has 1 aromatic carbocycles. The van der Waals surface area contributed by atoms with Gasteiger partial charge in [0, 0.05) is 25.1 Å². The molecule has 0 radical (unpaired) electrons. The Hall–Kier alpha value is -2.31. The molecule has 0 spiro atoms. The molecule has 1 heterocycles. The van der Waals surface area contributed by atoms with Crippen LogP contribution in [0.5, 0.6) is 0 Å². The van der Waals surface area contributed by atoms with Crippen molar-refractivity contribution in [1.29, 1.82) is 0 Å². The molecule has 7 heteroatoms. The first-order valence-electron chi connectivity index (χ1n) is 6.78. The van der Waals surface area contributed by atoms with Gasteiger partial charge in [-0.1, -0.05) is 30.3 Å². The van der Waals surface area contributed by atoms with Gasteiger partial charge in [0.2, 0.25) is 11.8 Å². The van der Waals surface area contributed by atoms with Crippen molar-refractivity contribution in [2.24, 2.45) is 0 Å². The van der Waals surface area contributed by atoms with Crippen molar-refractivity contribution >= 4 is 17.4 Å². The van der Waals surface area contributed by atoms with E-state index in [4.69, 9.17) is 0 Å². The van der Waals surface area contributed by atoms with Crippen molar-refractivity contribution in [2.75, 3.05) is 6.54 Å². The number of rotatable bonds is 3. The fourth-order valence-electron chi connectivity index (χ4n) is 2.18. The van der Waals surface area contributed by atoms with E-state index in [1.165, 1.54) is 24.3 Å². The molecule has 118 valence electrons. The molecule has 2 amide bonds. The van der Waals surface area contributed by atoms with Crippen LogP contribution < -0.4 is 10.6 Å². The minimum atomic E-state index is -4.63. The summed E-state index contributed by atoms with van der Waals surface area (Å²) in [6.07, 6.45) is -3.40. The number of halogens is 3. The molecule has 0 bridgehead atoms. The van der Waals surface area contributed by atoms with E-state index in [2.05, 4.69) is 10.6 Å². The van der Waals surface area contributed by atoms with E-state index in [1.54, 1.807) is 6.07 Å². The van der Waals surface area contributed by atoms with Gasteiger partial charge in [0.15, 0.2) is 0 Å². The maximum absolute atomic E-state index is 13.1. The SMILES string of the molecule is O=C(/C=C(\c1ccccc1)C(F)(F)F)N[C@@H]1CCC(=O)NC1. The first-order chi connectivity index (χ1) is 10.4. The predicted octanol–water partition coefficient (Wildman–Crippen LogP) is 2.03. The zero-order chi connectivity index (χ0) is 16.2. The number of hydrogen-bond donors (Lipinski definition) is 2. The van der Waals surface area contributed by atoms with Crippen LogP contribution >= 0.6 is 0 Å². The first kappa shape index (κ1) is 16.1. The highest BCUT2D eigenvalue weighted by Gasteiger charge is 2.35. The number of carbonyl (C=O) groups excluding carboxylic acids is 2. The van der Waals surface area contributed by atoms with E-state index < -0.39 is 17.7 Å². The van der Waals surface area contributed by atoms with Crippen LogP contribution in [0.2, 0.25) is 0 Å². The van der Waals surface area contributed by atoms with Crippen LogP contribution in [-0.4, -0.2) is 30.6 Å². The number of amides is 2. The van der Waals surface area contributed by atoms with Gasteiger partial charge in [0.1, 0.15) is 0 Å². The maximum atomic E-state index is 13.1. The molecule has 0 aromatic heterocycles. The predicted molar refractivity (Wildman–Crippen MR) is 74.6 cm³/mol. The summed E-state index contributed by atoms with van der Waals surface area (Å²) >= 11 is 0. The molecule has 0 saturated carbocycles. The van der Waals surface area contributed by atoms with Crippen LogP contribution in [0.25, 0.3) is 5.57 Å². The maximum Gasteiger partial charge on any atom is 0.417 e. The van der Waals surface area contributed by atoms with E-state index in [0.717, 1.165) is 0 Å². The summed E-state index contributed by atoms with van der Waals surface area (Å²) in [7, 11) is 0. The highest BCUT2D eigenvalue weighted by Crippen LogP contribution is 2.33. The normalized spacial score (nSPS) is 19.5. The molecule has 0 unspecified atom stereocenters. The van der Waals surface area contributed by atoms with Crippen LogP contribution in [0, 0.1) is 0 Å². The number of carbonyl (C=O) groups is 2. The van der Waals surface area contributed by atoms with E-state index >= 15 is 0 Å². The van der Waals surface area contributed by atoms with Crippen molar-refractivity contribution in [1.82, 2.24) is 10.6 Å². The van der Waals surface area contributed by atoms with Crippen molar-refractivity contribution in [3.8, 4) is 0 Å². The van der Waals surface area contributed by atoms with Crippen LogP contribution in [0.4, 0.5) is 13.2 Å². The monoisotopic (exact) mass is 312 g/mol. The van der Waals surface area contributed by atoms with Crippen molar-refractivity contribution in [2.45, 2.75) is 25.1 Å². The molecule has 22 heavy (non-hydrogen) atoms. The van der Waals surface area contributed by atoms with Gasteiger partial charge < -0.3 is 10.6 Å². The van der Waals surface area contributed by atoms with E-state index in [-0.39, 0.29) is 30.5 Å². The standard InChI is InChI=1S/C15H15F3N2O2/c16-15(17,18)12(10-4-2-1-3-5-10)8-14(22)20-11-6-7-13(21)19-9-11/h1-5,8,11H,6-7,9H2,(H,19,21)(H,20,22)/b12-8+/t11-/m1/s1. The molecule has 2 N–H and O–H groups in total. The second kappa shape index (κ2) is 6.64. The molecule has 1 aliphatic heterocycles. The van der Waals surface area contributed by atoms with Gasteiger partial charge in [0.05, 0.1) is 5.57 Å². The minimum absolute atomic E-state index is 0.0675. The Bertz CT molecular complexity index is 572. The second-order valence-corrected chi connectivity index (χ2v) is 4.97. The van der Waals surface area contributed by atoms with Gasteiger partial charge in [-0.3, -0.25) is 9.59 Å². The van der Waals surface area contributed by atoms with Crippen molar-refractivity contribution in [3.05, 3.63) is 42.0 Å². The Labute approximate surface area is 125 Å². The quantitative estimate of drug-likeness (QED) is 0.839. The molecule has 1 aromatic rings. The second-order valence-electron chi connectivity index (χ2n) is 4.97. The average molecular weight is 312 g/mol. The smallest absolute Gasteiger partial charge is 0.354 e. The Morgan fingerprint density at radius 2 is 1.95 bits per heavy atom. The number of benzene rings is 1. The lowest BCUT2D eigenvalue weighted by atomic mass is 10.0. The van der Waals surface area contributed by atoms with Crippen LogP contribution in [0.1, 0.15) is 18.4 Å². The van der Waals surface area contributed by atoms with Gasteiger partial charge in [-0.05, 0) is 12.0 Å². The van der Waals surface area contributed by atoms with Gasteiger partial charge >= 0.3 is 6.18 Å². The Balaban J connectivity index is 2.12. The molecule has 2 rings (SSSR count). The van der Waals surface area contributed by atoms with Gasteiger partial charge in [-0.25, -0.2) is 0 Å². The molecule has 1 aliphatic rings. The van der Waals surface area contributed by atoms with Crippen molar-refractivity contribution < 1.29 is 22.8 Å². The molecular weight excluding hydrogens is 297 g/mol. The third-order valence-corrected chi connectivity index (χ3v) is 3.28. The summed E-state index contributed by atoms with van der Waals surface area (Å²) in [6.45, 7) is 0.227. The highest BCUT2D eigenvalue weighted by atomic mass is 19.4. The highest BCUT2D eigenvalue weighted by molar-refractivity contribution is 5.96. The third-order valence-electron chi connectivity index (χ3n) is 3.28. The number of piperidine rings is 1. The average Bonchev–Trinajstić information content (AvgIpc) is 2.47. The zero-order valence-electron chi connectivity index (χ0n) is 11.6. The Kier molecular flexibility index (Phi) is 4.85.